The average Bonchev–Trinajstić information content (AvgIpc) is 2.39. The molecule has 0 aliphatic heterocycles. The van der Waals surface area contributed by atoms with E-state index in [-0.39, 0.29) is 16.8 Å². The molecule has 0 unspecified atom stereocenters. The van der Waals surface area contributed by atoms with Crippen LogP contribution in [0.3, 0.4) is 0 Å². The Balaban J connectivity index is 2.24. The van der Waals surface area contributed by atoms with Crippen LogP contribution < -0.4 is 5.32 Å². The second kappa shape index (κ2) is 5.27. The third-order valence-corrected chi connectivity index (χ3v) is 3.72. The van der Waals surface area contributed by atoms with Gasteiger partial charge in [-0.05, 0) is 31.9 Å². The Morgan fingerprint density at radius 3 is 2.63 bits per heavy atom. The molecular weight excluding hydrogens is 242 g/mol. The molecule has 0 heterocycles. The van der Waals surface area contributed by atoms with Crippen LogP contribution in [0.5, 0.6) is 0 Å². The van der Waals surface area contributed by atoms with Gasteiger partial charge in [0.15, 0.2) is 0 Å². The van der Waals surface area contributed by atoms with Gasteiger partial charge in [0.05, 0.1) is 4.92 Å². The fraction of sp³-hybridized carbons (Fsp3) is 0.500. The van der Waals surface area contributed by atoms with Crippen LogP contribution in [0.1, 0.15) is 44.6 Å². The number of nitrogens with one attached hydrogen (secondary N) is 1. The van der Waals surface area contributed by atoms with Crippen molar-refractivity contribution in [2.45, 2.75) is 44.6 Å². The molecule has 19 heavy (non-hydrogen) atoms. The van der Waals surface area contributed by atoms with E-state index < -0.39 is 4.92 Å². The van der Waals surface area contributed by atoms with E-state index >= 15 is 0 Å². The van der Waals surface area contributed by atoms with Gasteiger partial charge < -0.3 is 5.32 Å². The fourth-order valence-electron chi connectivity index (χ4n) is 2.66. The maximum Gasteiger partial charge on any atom is 0.289 e. The van der Waals surface area contributed by atoms with E-state index in [1.165, 1.54) is 31.4 Å². The number of rotatable bonds is 3. The molecule has 0 atom stereocenters. The van der Waals surface area contributed by atoms with Gasteiger partial charge in [0.2, 0.25) is 0 Å². The van der Waals surface area contributed by atoms with Crippen LogP contribution in [0.2, 0.25) is 0 Å². The number of anilines is 1. The van der Waals surface area contributed by atoms with E-state index in [1.54, 1.807) is 6.07 Å². The zero-order chi connectivity index (χ0) is 13.9. The van der Waals surface area contributed by atoms with Crippen molar-refractivity contribution in [2.24, 2.45) is 0 Å². The van der Waals surface area contributed by atoms with Crippen molar-refractivity contribution in [3.8, 4) is 6.07 Å². The maximum atomic E-state index is 10.9. The monoisotopic (exact) mass is 259 g/mol. The number of hydrogen-bond donors (Lipinski definition) is 1. The molecule has 0 spiro atoms. The molecule has 5 heteroatoms. The summed E-state index contributed by atoms with van der Waals surface area (Å²) in [5, 5.41) is 23.2. The first-order valence-corrected chi connectivity index (χ1v) is 6.51. The summed E-state index contributed by atoms with van der Waals surface area (Å²) in [6.07, 6.45) is 5.76. The van der Waals surface area contributed by atoms with Crippen molar-refractivity contribution in [3.05, 3.63) is 33.9 Å². The summed E-state index contributed by atoms with van der Waals surface area (Å²) in [6.45, 7) is 2.15. The predicted octanol–water partition coefficient (Wildman–Crippen LogP) is 3.60. The third-order valence-electron chi connectivity index (χ3n) is 3.72. The number of nitriles is 1. The lowest BCUT2D eigenvalue weighted by Crippen LogP contribution is -2.36. The Morgan fingerprint density at radius 2 is 2.05 bits per heavy atom. The van der Waals surface area contributed by atoms with E-state index in [2.05, 4.69) is 12.2 Å². The average molecular weight is 259 g/mol. The number of nitro benzene ring substituents is 1. The van der Waals surface area contributed by atoms with Crippen molar-refractivity contribution in [1.29, 1.82) is 5.26 Å². The van der Waals surface area contributed by atoms with Crippen LogP contribution in [-0.4, -0.2) is 10.5 Å². The molecule has 0 bridgehead atoms. The highest BCUT2D eigenvalue weighted by molar-refractivity contribution is 5.59. The number of nitrogens with zero attached hydrogens (tertiary/aromatic N) is 2. The van der Waals surface area contributed by atoms with E-state index in [0.717, 1.165) is 18.5 Å². The van der Waals surface area contributed by atoms with Crippen molar-refractivity contribution in [3.63, 3.8) is 0 Å². The lowest BCUT2D eigenvalue weighted by Gasteiger charge is -2.35. The highest BCUT2D eigenvalue weighted by atomic mass is 16.6. The van der Waals surface area contributed by atoms with Crippen LogP contribution in [0.25, 0.3) is 0 Å². The van der Waals surface area contributed by atoms with Gasteiger partial charge in [-0.15, -0.1) is 0 Å². The van der Waals surface area contributed by atoms with Gasteiger partial charge in [-0.1, -0.05) is 19.3 Å². The van der Waals surface area contributed by atoms with Gasteiger partial charge in [-0.3, -0.25) is 10.1 Å². The van der Waals surface area contributed by atoms with Gasteiger partial charge in [0.1, 0.15) is 11.6 Å². The SMILES string of the molecule is CC1(Nc2ccc(C#N)c([N+](=O)[O-])c2)CCCCC1. The van der Waals surface area contributed by atoms with E-state index in [9.17, 15) is 10.1 Å². The summed E-state index contributed by atoms with van der Waals surface area (Å²) in [5.41, 5.74) is 0.687. The molecule has 1 aromatic rings. The summed E-state index contributed by atoms with van der Waals surface area (Å²) in [6, 6.07) is 6.55. The standard InChI is InChI=1S/C14H17N3O2/c1-14(7-3-2-4-8-14)16-12-6-5-11(10-15)13(9-12)17(18)19/h5-6,9,16H,2-4,7-8H2,1H3. The molecule has 0 radical (unpaired) electrons. The van der Waals surface area contributed by atoms with Crippen molar-refractivity contribution >= 4 is 11.4 Å². The summed E-state index contributed by atoms with van der Waals surface area (Å²) in [5.74, 6) is 0. The molecule has 1 saturated carbocycles. The lowest BCUT2D eigenvalue weighted by atomic mass is 9.83. The zero-order valence-corrected chi connectivity index (χ0v) is 11.0. The lowest BCUT2D eigenvalue weighted by molar-refractivity contribution is -0.385. The highest BCUT2D eigenvalue weighted by Gasteiger charge is 2.27. The molecule has 100 valence electrons. The Labute approximate surface area is 112 Å². The van der Waals surface area contributed by atoms with Crippen LogP contribution >= 0.6 is 0 Å². The van der Waals surface area contributed by atoms with Gasteiger partial charge >= 0.3 is 0 Å². The van der Waals surface area contributed by atoms with Gasteiger partial charge in [0.25, 0.3) is 5.69 Å². The molecule has 5 nitrogen and oxygen atoms in total. The first-order valence-electron chi connectivity index (χ1n) is 6.51. The topological polar surface area (TPSA) is 79.0 Å². The van der Waals surface area contributed by atoms with Gasteiger partial charge in [0, 0.05) is 17.3 Å². The largest absolute Gasteiger partial charge is 0.380 e. The quantitative estimate of drug-likeness (QED) is 0.664. The molecule has 0 amide bonds. The summed E-state index contributed by atoms with van der Waals surface area (Å²) in [7, 11) is 0. The Hall–Kier alpha value is -2.09. The van der Waals surface area contributed by atoms with Crippen molar-refractivity contribution in [1.82, 2.24) is 0 Å². The molecule has 0 aromatic heterocycles. The first kappa shape index (κ1) is 13.3. The smallest absolute Gasteiger partial charge is 0.289 e. The van der Waals surface area contributed by atoms with E-state index in [4.69, 9.17) is 5.26 Å². The summed E-state index contributed by atoms with van der Waals surface area (Å²) in [4.78, 5) is 10.4. The minimum Gasteiger partial charge on any atom is -0.380 e. The Morgan fingerprint density at radius 1 is 1.37 bits per heavy atom. The predicted molar refractivity (Wildman–Crippen MR) is 72.9 cm³/mol. The molecule has 0 saturated heterocycles. The van der Waals surface area contributed by atoms with Crippen LogP contribution in [0.4, 0.5) is 11.4 Å². The molecule has 1 N–H and O–H groups in total. The molecule has 1 aromatic carbocycles. The highest BCUT2D eigenvalue weighted by Crippen LogP contribution is 2.32. The second-order valence-corrected chi connectivity index (χ2v) is 5.35. The summed E-state index contributed by atoms with van der Waals surface area (Å²) < 4.78 is 0. The minimum atomic E-state index is -0.507. The third kappa shape index (κ3) is 3.02. The molecular formula is C14H17N3O2. The summed E-state index contributed by atoms with van der Waals surface area (Å²) >= 11 is 0. The molecule has 1 aliphatic rings. The fourth-order valence-corrected chi connectivity index (χ4v) is 2.66. The maximum absolute atomic E-state index is 10.9. The molecule has 2 rings (SSSR count). The number of benzene rings is 1. The number of nitro groups is 1. The van der Waals surface area contributed by atoms with E-state index in [1.807, 2.05) is 6.07 Å². The van der Waals surface area contributed by atoms with Crippen LogP contribution in [0, 0.1) is 21.4 Å². The Bertz CT molecular complexity index is 528. The van der Waals surface area contributed by atoms with Gasteiger partial charge in [-0.2, -0.15) is 5.26 Å². The second-order valence-electron chi connectivity index (χ2n) is 5.35. The first-order chi connectivity index (χ1) is 9.04. The van der Waals surface area contributed by atoms with Crippen molar-refractivity contribution in [2.75, 3.05) is 5.32 Å². The normalized spacial score (nSPS) is 17.5. The minimum absolute atomic E-state index is 0.000276. The van der Waals surface area contributed by atoms with Crippen molar-refractivity contribution < 1.29 is 4.92 Å². The van der Waals surface area contributed by atoms with Gasteiger partial charge in [-0.25, -0.2) is 0 Å². The van der Waals surface area contributed by atoms with Crippen LogP contribution in [0.15, 0.2) is 18.2 Å². The Kier molecular flexibility index (Phi) is 3.70. The number of hydrogen-bond acceptors (Lipinski definition) is 4. The van der Waals surface area contributed by atoms with E-state index in [0.29, 0.717) is 0 Å². The molecule has 1 aliphatic carbocycles. The van der Waals surface area contributed by atoms with Crippen LogP contribution in [-0.2, 0) is 0 Å². The zero-order valence-electron chi connectivity index (χ0n) is 11.0. The molecule has 1 fully saturated rings.